The first-order valence-corrected chi connectivity index (χ1v) is 13.9. The van der Waals surface area contributed by atoms with E-state index in [1.807, 2.05) is 0 Å². The lowest BCUT2D eigenvalue weighted by Crippen LogP contribution is -2.48. The van der Waals surface area contributed by atoms with Gasteiger partial charge >= 0.3 is 17.8 Å². The maximum absolute atomic E-state index is 15.6. The van der Waals surface area contributed by atoms with Crippen LogP contribution in [0.4, 0.5) is 22.0 Å². The summed E-state index contributed by atoms with van der Waals surface area (Å²) in [6.45, 7) is 0.674. The highest BCUT2D eigenvalue weighted by Gasteiger charge is 2.46. The van der Waals surface area contributed by atoms with Crippen LogP contribution in [0.5, 0.6) is 5.75 Å². The molecule has 0 aliphatic heterocycles. The van der Waals surface area contributed by atoms with Gasteiger partial charge in [-0.15, -0.1) is 0 Å². The Bertz CT molecular complexity index is 1790. The lowest BCUT2D eigenvalue weighted by Gasteiger charge is -2.28. The summed E-state index contributed by atoms with van der Waals surface area (Å²) < 4.78 is 80.9. The lowest BCUT2D eigenvalue weighted by molar-refractivity contribution is -0.159. The molecule has 1 unspecified atom stereocenters. The molecular formula is C32H30F5N3O5. The van der Waals surface area contributed by atoms with Crippen LogP contribution in [-0.4, -0.2) is 40.0 Å². The van der Waals surface area contributed by atoms with Gasteiger partial charge in [0.1, 0.15) is 5.82 Å². The van der Waals surface area contributed by atoms with E-state index >= 15 is 4.39 Å². The summed E-state index contributed by atoms with van der Waals surface area (Å²) in [6.07, 6.45) is -5.23. The molecule has 0 radical (unpaired) electrons. The van der Waals surface area contributed by atoms with E-state index in [9.17, 15) is 31.9 Å². The van der Waals surface area contributed by atoms with Crippen molar-refractivity contribution in [3.63, 3.8) is 0 Å². The molecule has 2 N–H and O–H groups in total. The first kappa shape index (κ1) is 33.1. The molecule has 4 rings (SSSR count). The average Bonchev–Trinajstić information content (AvgIpc) is 2.99. The molecule has 2 atom stereocenters. The average molecular weight is 632 g/mol. The fourth-order valence-electron chi connectivity index (χ4n) is 5.24. The van der Waals surface area contributed by atoms with Gasteiger partial charge in [-0.05, 0) is 37.6 Å². The largest absolute Gasteiger partial charge is 0.494 e. The zero-order valence-electron chi connectivity index (χ0n) is 24.3. The molecule has 0 aliphatic rings. The van der Waals surface area contributed by atoms with Crippen LogP contribution >= 0.6 is 0 Å². The van der Waals surface area contributed by atoms with Gasteiger partial charge in [0.2, 0.25) is 0 Å². The molecule has 238 valence electrons. The summed E-state index contributed by atoms with van der Waals surface area (Å²) in [5.41, 5.74) is -4.31. The van der Waals surface area contributed by atoms with Crippen molar-refractivity contribution in [2.24, 2.45) is 0 Å². The topological polar surface area (TPSA) is 103 Å². The second-order valence-corrected chi connectivity index (χ2v) is 10.2. The van der Waals surface area contributed by atoms with Crippen LogP contribution in [0.2, 0.25) is 0 Å². The van der Waals surface area contributed by atoms with Crippen molar-refractivity contribution in [1.29, 1.82) is 0 Å². The maximum atomic E-state index is 15.6. The normalized spacial score (nSPS) is 13.0. The van der Waals surface area contributed by atoms with Gasteiger partial charge < -0.3 is 15.2 Å². The van der Waals surface area contributed by atoms with E-state index in [2.05, 4.69) is 5.32 Å². The summed E-state index contributed by atoms with van der Waals surface area (Å²) in [6, 6.07) is 12.5. The quantitative estimate of drug-likeness (QED) is 0.156. The Morgan fingerprint density at radius 1 is 0.978 bits per heavy atom. The van der Waals surface area contributed by atoms with Gasteiger partial charge in [-0.1, -0.05) is 60.7 Å². The maximum Gasteiger partial charge on any atom is 0.413 e. The van der Waals surface area contributed by atoms with Gasteiger partial charge in [0.15, 0.2) is 17.6 Å². The number of ether oxygens (including phenoxy) is 1. The van der Waals surface area contributed by atoms with Crippen LogP contribution in [0.25, 0.3) is 11.1 Å². The number of hydrogen-bond acceptors (Lipinski definition) is 5. The van der Waals surface area contributed by atoms with Crippen LogP contribution in [0.1, 0.15) is 41.7 Å². The Kier molecular flexibility index (Phi) is 10.2. The zero-order valence-corrected chi connectivity index (χ0v) is 24.3. The first-order valence-electron chi connectivity index (χ1n) is 13.9. The van der Waals surface area contributed by atoms with Crippen molar-refractivity contribution >= 4 is 5.97 Å². The van der Waals surface area contributed by atoms with Crippen molar-refractivity contribution in [3.05, 3.63) is 122 Å². The number of nitrogens with one attached hydrogen (secondary N) is 1. The van der Waals surface area contributed by atoms with E-state index in [1.54, 1.807) is 30.3 Å². The number of hydrogen-bond donors (Lipinski definition) is 2. The lowest BCUT2D eigenvalue weighted by atomic mass is 10.0. The highest BCUT2D eigenvalue weighted by Crippen LogP contribution is 2.38. The van der Waals surface area contributed by atoms with Crippen molar-refractivity contribution < 1.29 is 36.6 Å². The predicted molar refractivity (Wildman–Crippen MR) is 156 cm³/mol. The molecule has 0 amide bonds. The molecule has 3 aromatic carbocycles. The molecule has 8 nitrogen and oxygen atoms in total. The molecule has 0 aliphatic carbocycles. The Morgan fingerprint density at radius 2 is 1.64 bits per heavy atom. The van der Waals surface area contributed by atoms with Gasteiger partial charge in [-0.3, -0.25) is 18.7 Å². The molecule has 4 aromatic rings. The Labute approximate surface area is 254 Å². The molecule has 0 spiro atoms. The predicted octanol–water partition coefficient (Wildman–Crippen LogP) is 5.62. The number of carboxylic acid groups (broad SMARTS) is 1. The van der Waals surface area contributed by atoms with E-state index < -0.39 is 76.0 Å². The van der Waals surface area contributed by atoms with E-state index in [-0.39, 0.29) is 29.7 Å². The summed E-state index contributed by atoms with van der Waals surface area (Å²) >= 11 is 0. The third-order valence-electron chi connectivity index (χ3n) is 7.37. The summed E-state index contributed by atoms with van der Waals surface area (Å²) in [7, 11) is 1.17. The van der Waals surface area contributed by atoms with Crippen LogP contribution in [0, 0.1) is 18.6 Å². The van der Waals surface area contributed by atoms with E-state index in [1.165, 1.54) is 37.4 Å². The minimum atomic E-state index is -5.23. The molecule has 1 aromatic heterocycles. The van der Waals surface area contributed by atoms with Crippen molar-refractivity contribution in [2.45, 2.75) is 44.6 Å². The summed E-state index contributed by atoms with van der Waals surface area (Å²) in [5.74, 6) is -3.61. The Hall–Kier alpha value is -4.78. The summed E-state index contributed by atoms with van der Waals surface area (Å²) in [5, 5.41) is 12.1. The van der Waals surface area contributed by atoms with Gasteiger partial charge in [0.05, 0.1) is 25.3 Å². The van der Waals surface area contributed by atoms with E-state index in [0.717, 1.165) is 19.1 Å². The smallest absolute Gasteiger partial charge is 0.413 e. The number of carboxylic acids is 1. The SMILES string of the molecule is COc1cccc(-c2c(C)n([C@H](c3ccccc3F)C(F)(F)F)c(=O)n(CC(NCCCC(=O)O)c3ccccc3)c2=O)c1F. The Morgan fingerprint density at radius 3 is 2.27 bits per heavy atom. The van der Waals surface area contributed by atoms with Gasteiger partial charge in [0.25, 0.3) is 5.56 Å². The van der Waals surface area contributed by atoms with Crippen molar-refractivity contribution in [1.82, 2.24) is 14.5 Å². The number of aliphatic carboxylic acids is 1. The fourth-order valence-corrected chi connectivity index (χ4v) is 5.24. The number of benzene rings is 3. The van der Waals surface area contributed by atoms with Crippen molar-refractivity contribution in [3.8, 4) is 16.9 Å². The number of carbonyl (C=O) groups is 1. The van der Waals surface area contributed by atoms with Crippen molar-refractivity contribution in [2.75, 3.05) is 13.7 Å². The van der Waals surface area contributed by atoms with Crippen LogP contribution < -0.4 is 21.3 Å². The van der Waals surface area contributed by atoms with Gasteiger partial charge in [-0.2, -0.15) is 13.2 Å². The molecule has 0 saturated carbocycles. The number of alkyl halides is 3. The number of halogens is 5. The monoisotopic (exact) mass is 631 g/mol. The minimum absolute atomic E-state index is 0.123. The molecule has 0 fully saturated rings. The minimum Gasteiger partial charge on any atom is -0.494 e. The number of methoxy groups -OCH3 is 1. The molecular weight excluding hydrogens is 601 g/mol. The van der Waals surface area contributed by atoms with E-state index in [4.69, 9.17) is 9.84 Å². The zero-order chi connectivity index (χ0) is 32.9. The third-order valence-corrected chi connectivity index (χ3v) is 7.37. The number of rotatable bonds is 12. The summed E-state index contributed by atoms with van der Waals surface area (Å²) in [4.78, 5) is 39.1. The van der Waals surface area contributed by atoms with Crippen LogP contribution in [-0.2, 0) is 11.3 Å². The molecule has 0 saturated heterocycles. The third kappa shape index (κ3) is 7.14. The fraction of sp³-hybridized carbons (Fsp3) is 0.281. The first-order chi connectivity index (χ1) is 21.4. The second-order valence-electron chi connectivity index (χ2n) is 10.2. The second kappa shape index (κ2) is 13.9. The van der Waals surface area contributed by atoms with Crippen LogP contribution in [0.3, 0.4) is 0 Å². The number of nitrogens with zero attached hydrogens (tertiary/aromatic N) is 2. The number of aromatic nitrogens is 2. The van der Waals surface area contributed by atoms with Crippen LogP contribution in [0.15, 0.2) is 82.4 Å². The highest BCUT2D eigenvalue weighted by atomic mass is 19.4. The van der Waals surface area contributed by atoms with Gasteiger partial charge in [0, 0.05) is 23.2 Å². The Balaban J connectivity index is 2.03. The van der Waals surface area contributed by atoms with Gasteiger partial charge in [-0.25, -0.2) is 13.6 Å². The van der Waals surface area contributed by atoms with E-state index in [0.29, 0.717) is 10.1 Å². The molecule has 13 heteroatoms. The molecule has 0 bridgehead atoms. The molecule has 1 heterocycles. The highest BCUT2D eigenvalue weighted by molar-refractivity contribution is 5.68. The molecule has 45 heavy (non-hydrogen) atoms. The standard InChI is InChI=1S/C32H30F5N3O5/c1-19-27(22-13-8-15-25(45-2)28(22)34)30(43)39(18-24(20-10-4-3-5-11-20)38-17-9-16-26(41)42)31(44)40(19)29(32(35,36)37)21-12-6-7-14-23(21)33/h3-8,10-15,24,29,38H,9,16-18H2,1-2H3,(H,41,42)/t24?,29-/m1/s1.